The third-order valence-electron chi connectivity index (χ3n) is 24.6. The Morgan fingerprint density at radius 1 is 0.252 bits per heavy atom. The number of fused-ring (bicyclic) bond motifs is 36. The SMILES string of the molecule is Brc1ccc2c(c1)c1ccccc1n2-c1nc2ccccc2c2nc3ccccc3n12.C.OB(O)c1ccc2c(c1)C1(c3ccccc3-c3ccccc31)c1ccccc1-2.c1ccc2c(c1)-c1ccccc1C21c2ccccc2-c2ccc(-c3ccc4c(c3)c3ccccc3n4-c3nc4ccccc4c4nc5ccccc5n34)cc21. The second-order valence-electron chi connectivity index (χ2n) is 30.2. The number of hydrogen-bond acceptors (Lipinski definition) is 6. The summed E-state index contributed by atoms with van der Waals surface area (Å²) in [7, 11) is -1.49. The Labute approximate surface area is 669 Å². The van der Waals surface area contributed by atoms with E-state index in [2.05, 4.69) is 361 Å². The maximum absolute atomic E-state index is 9.85. The van der Waals surface area contributed by atoms with E-state index in [0.29, 0.717) is 5.46 Å². The van der Waals surface area contributed by atoms with Crippen molar-refractivity contribution in [1.29, 1.82) is 0 Å². The number of nitrogens with zero attached hydrogens (tertiary/aromatic N) is 8. The number of benzene rings is 16. The van der Waals surface area contributed by atoms with Gasteiger partial charge in [0.15, 0.2) is 0 Å². The van der Waals surface area contributed by atoms with Crippen molar-refractivity contribution in [3.05, 3.63) is 413 Å². The number of aromatic nitrogens is 8. The fourth-order valence-corrected chi connectivity index (χ4v) is 20.4. The van der Waals surface area contributed by atoms with Crippen LogP contribution in [0, 0.1) is 0 Å². The summed E-state index contributed by atoms with van der Waals surface area (Å²) in [5.41, 5.74) is 34.7. The minimum absolute atomic E-state index is 0. The van der Waals surface area contributed by atoms with Gasteiger partial charge in [0, 0.05) is 36.8 Å². The van der Waals surface area contributed by atoms with Crippen LogP contribution >= 0.6 is 15.9 Å². The molecular formula is C103H66BBrN8O2. The van der Waals surface area contributed by atoms with Crippen LogP contribution in [0.1, 0.15) is 51.9 Å². The minimum Gasteiger partial charge on any atom is -0.423 e. The molecule has 2 N–H and O–H groups in total. The summed E-state index contributed by atoms with van der Waals surface area (Å²) in [6, 6.07) is 129. The summed E-state index contributed by atoms with van der Waals surface area (Å²) in [4.78, 5) is 20.7. The molecule has 4 aliphatic carbocycles. The molecule has 10 nitrogen and oxygen atoms in total. The average Bonchev–Trinajstić information content (AvgIpc) is 1.51. The summed E-state index contributed by atoms with van der Waals surface area (Å²) in [5, 5.41) is 26.6. The fourth-order valence-electron chi connectivity index (χ4n) is 20.0. The van der Waals surface area contributed by atoms with Crippen molar-refractivity contribution in [2.75, 3.05) is 0 Å². The second kappa shape index (κ2) is 25.2. The molecule has 0 atom stereocenters. The number of hydrogen-bond donors (Lipinski definition) is 2. The molecule has 12 heteroatoms. The third kappa shape index (κ3) is 9.23. The summed E-state index contributed by atoms with van der Waals surface area (Å²) in [6.07, 6.45) is 0. The molecule has 115 heavy (non-hydrogen) atoms. The lowest BCUT2D eigenvalue weighted by atomic mass is 9.68. The molecule has 0 saturated heterocycles. The van der Waals surface area contributed by atoms with Crippen molar-refractivity contribution >= 4 is 127 Å². The zero-order valence-electron chi connectivity index (χ0n) is 61.1. The zero-order chi connectivity index (χ0) is 75.2. The quantitative estimate of drug-likeness (QED) is 0.170. The van der Waals surface area contributed by atoms with Gasteiger partial charge in [0.1, 0.15) is 11.3 Å². The molecule has 22 aromatic rings. The van der Waals surface area contributed by atoms with Crippen LogP contribution in [0.15, 0.2) is 368 Å². The van der Waals surface area contributed by atoms with Gasteiger partial charge in [-0.2, -0.15) is 0 Å². The predicted molar refractivity (Wildman–Crippen MR) is 473 cm³/mol. The molecule has 6 heterocycles. The van der Waals surface area contributed by atoms with E-state index in [9.17, 15) is 10.0 Å². The van der Waals surface area contributed by atoms with Crippen molar-refractivity contribution in [2.45, 2.75) is 18.3 Å². The number of para-hydroxylation sites is 8. The highest BCUT2D eigenvalue weighted by atomic mass is 79.9. The van der Waals surface area contributed by atoms with E-state index in [1.807, 2.05) is 36.4 Å². The van der Waals surface area contributed by atoms with Crippen LogP contribution in [0.3, 0.4) is 0 Å². The highest BCUT2D eigenvalue weighted by Gasteiger charge is 2.53. The van der Waals surface area contributed by atoms with E-state index >= 15 is 0 Å². The molecule has 2 spiro atoms. The molecule has 16 aromatic carbocycles. The second-order valence-corrected chi connectivity index (χ2v) is 31.1. The highest BCUT2D eigenvalue weighted by molar-refractivity contribution is 9.10. The van der Waals surface area contributed by atoms with Gasteiger partial charge in [0.05, 0.1) is 66.0 Å². The lowest BCUT2D eigenvalue weighted by Crippen LogP contribution is -2.32. The summed E-state index contributed by atoms with van der Waals surface area (Å²) in [5.74, 6) is 1.67. The minimum atomic E-state index is -1.49. The molecule has 0 amide bonds. The lowest BCUT2D eigenvalue weighted by Gasteiger charge is -2.30. The Hall–Kier alpha value is -14.1. The smallest absolute Gasteiger partial charge is 0.423 e. The molecule has 6 aromatic heterocycles. The third-order valence-corrected chi connectivity index (χ3v) is 25.1. The molecule has 26 rings (SSSR count). The van der Waals surface area contributed by atoms with Crippen molar-refractivity contribution < 1.29 is 10.0 Å². The largest absolute Gasteiger partial charge is 0.488 e. The van der Waals surface area contributed by atoms with E-state index in [1.165, 1.54) is 111 Å². The van der Waals surface area contributed by atoms with E-state index in [1.54, 1.807) is 0 Å². The lowest BCUT2D eigenvalue weighted by molar-refractivity contribution is 0.425. The van der Waals surface area contributed by atoms with Gasteiger partial charge >= 0.3 is 7.12 Å². The predicted octanol–water partition coefficient (Wildman–Crippen LogP) is 23.4. The first-order chi connectivity index (χ1) is 56.3. The standard InChI is InChI=1S/C51H30N4.C26H15BrN4.C25H17BO2.CH4/c1-6-18-40-33(13-1)34-14-2-7-19-41(34)51(40)42-20-8-3-15-35(42)36-27-25-32(30-43(36)51)31-26-28-47-39(29-31)37-16-5-11-23-46(37)54(47)50-53-44-21-9-4-17-38(44)49-52-45-22-10-12-24-48(45)55(49)50;27-16-13-14-23-19(15-16)17-7-2-5-11-22(17)30(23)26-29-20-9-3-1-8-18(20)25-28-21-10-4-6-12-24(21)31(25)26;27-26(28)16-13-14-20-19-9-3-6-12-23(19)25(24(20)15-16)21-10-4-1-7-17(21)18-8-2-5-11-22(18)25;/h1-30H;1-15H;1-15,27-28H;1H4. The molecular weight excluding hydrogens is 1470 g/mol. The molecule has 0 radical (unpaired) electrons. The van der Waals surface area contributed by atoms with Crippen LogP contribution in [0.4, 0.5) is 0 Å². The normalized spacial score (nSPS) is 13.2. The molecule has 0 saturated carbocycles. The summed E-state index contributed by atoms with van der Waals surface area (Å²) >= 11 is 3.64. The summed E-state index contributed by atoms with van der Waals surface area (Å²) < 4.78 is 10.1. The fraction of sp³-hybridized carbons (Fsp3) is 0.0291. The van der Waals surface area contributed by atoms with Gasteiger partial charge in [-0.3, -0.25) is 17.9 Å². The van der Waals surface area contributed by atoms with Gasteiger partial charge in [-0.05, 0) is 203 Å². The monoisotopic (exact) mass is 1540 g/mol. The number of imidazole rings is 2. The molecule has 0 unspecified atom stereocenters. The topological polar surface area (TPSA) is 111 Å². The van der Waals surface area contributed by atoms with Crippen molar-refractivity contribution in [1.82, 2.24) is 37.9 Å². The van der Waals surface area contributed by atoms with E-state index < -0.39 is 12.5 Å². The Balaban J connectivity index is 0.000000111. The molecule has 0 aliphatic heterocycles. The van der Waals surface area contributed by atoms with E-state index in [0.717, 1.165) is 105 Å². The van der Waals surface area contributed by atoms with Crippen LogP contribution < -0.4 is 5.46 Å². The average molecular weight is 1540 g/mol. The molecule has 0 fully saturated rings. The van der Waals surface area contributed by atoms with E-state index in [-0.39, 0.29) is 12.8 Å². The first-order valence-corrected chi connectivity index (χ1v) is 39.4. The summed E-state index contributed by atoms with van der Waals surface area (Å²) in [6.45, 7) is 0. The Bertz CT molecular complexity index is 7800. The van der Waals surface area contributed by atoms with Gasteiger partial charge < -0.3 is 10.0 Å². The van der Waals surface area contributed by atoms with E-state index in [4.69, 9.17) is 19.9 Å². The van der Waals surface area contributed by atoms with Crippen LogP contribution in [0.5, 0.6) is 0 Å². The van der Waals surface area contributed by atoms with Crippen LogP contribution in [-0.2, 0) is 10.8 Å². The first-order valence-electron chi connectivity index (χ1n) is 38.6. The van der Waals surface area contributed by atoms with Gasteiger partial charge in [0.25, 0.3) is 0 Å². The molecule has 0 bridgehead atoms. The Morgan fingerprint density at radius 3 is 1.00 bits per heavy atom. The van der Waals surface area contributed by atoms with Crippen molar-refractivity contribution in [3.63, 3.8) is 0 Å². The van der Waals surface area contributed by atoms with Gasteiger partial charge in [0.2, 0.25) is 11.9 Å². The molecule has 4 aliphatic rings. The van der Waals surface area contributed by atoms with Crippen molar-refractivity contribution in [3.8, 4) is 67.5 Å². The van der Waals surface area contributed by atoms with Crippen molar-refractivity contribution in [2.24, 2.45) is 0 Å². The number of halogens is 1. The van der Waals surface area contributed by atoms with Gasteiger partial charge in [-0.25, -0.2) is 19.9 Å². The highest BCUT2D eigenvalue weighted by Crippen LogP contribution is 2.65. The van der Waals surface area contributed by atoms with Gasteiger partial charge in [-0.15, -0.1) is 0 Å². The number of rotatable bonds is 4. The van der Waals surface area contributed by atoms with Crippen LogP contribution in [0.25, 0.3) is 166 Å². The van der Waals surface area contributed by atoms with Crippen LogP contribution in [-0.4, -0.2) is 55.0 Å². The van der Waals surface area contributed by atoms with Gasteiger partial charge in [-0.1, -0.05) is 290 Å². The Kier molecular flexibility index (Phi) is 14.6. The Morgan fingerprint density at radius 2 is 0.565 bits per heavy atom. The molecule has 540 valence electrons. The van der Waals surface area contributed by atoms with Crippen LogP contribution in [0.2, 0.25) is 0 Å². The zero-order valence-corrected chi connectivity index (χ0v) is 62.7. The first kappa shape index (κ1) is 66.6. The maximum atomic E-state index is 9.85. The maximum Gasteiger partial charge on any atom is 0.488 e.